The number of hydrogen-bond acceptors (Lipinski definition) is 3. The van der Waals surface area contributed by atoms with Crippen LogP contribution < -0.4 is 16.0 Å². The van der Waals surface area contributed by atoms with Gasteiger partial charge in [-0.2, -0.15) is 0 Å². The fourth-order valence-corrected chi connectivity index (χ4v) is 2.23. The zero-order valence-corrected chi connectivity index (χ0v) is 10.5. The molecule has 5 heteroatoms. The molecule has 0 unspecified atom stereocenters. The number of piperazine rings is 1. The first kappa shape index (κ1) is 11.4. The van der Waals surface area contributed by atoms with Gasteiger partial charge in [0.2, 0.25) is 0 Å². The molecule has 0 atom stereocenters. The Labute approximate surface area is 103 Å². The number of rotatable bonds is 2. The molecule has 1 aromatic rings. The zero-order valence-electron chi connectivity index (χ0n) is 8.87. The third-order valence-corrected chi connectivity index (χ3v) is 3.18. The van der Waals surface area contributed by atoms with Gasteiger partial charge in [-0.15, -0.1) is 0 Å². The molecule has 1 fully saturated rings. The molecular weight excluding hydrogens is 270 g/mol. The van der Waals surface area contributed by atoms with Gasteiger partial charge < -0.3 is 16.0 Å². The minimum absolute atomic E-state index is 0.374. The third-order valence-electron chi connectivity index (χ3n) is 2.68. The van der Waals surface area contributed by atoms with Crippen molar-refractivity contribution in [2.45, 2.75) is 0 Å². The number of benzene rings is 1. The molecule has 86 valence electrons. The summed E-state index contributed by atoms with van der Waals surface area (Å²) in [6.07, 6.45) is 0. The average molecular weight is 284 g/mol. The first-order valence-corrected chi connectivity index (χ1v) is 6.03. The number of anilines is 1. The van der Waals surface area contributed by atoms with Crippen LogP contribution in [0.3, 0.4) is 0 Å². The van der Waals surface area contributed by atoms with Crippen molar-refractivity contribution in [3.05, 3.63) is 28.2 Å². The topological polar surface area (TPSA) is 58.4 Å². The number of hydrogen-bond donors (Lipinski definition) is 2. The van der Waals surface area contributed by atoms with Crippen LogP contribution in [0.15, 0.2) is 22.7 Å². The number of nitrogens with one attached hydrogen (secondary N) is 1. The molecule has 1 aliphatic heterocycles. The molecule has 0 aliphatic carbocycles. The number of carbonyl (C=O) groups is 1. The SMILES string of the molecule is NC(=O)c1ccc(Br)cc1N1CCNCC1. The lowest BCUT2D eigenvalue weighted by atomic mass is 10.1. The average Bonchev–Trinajstić information content (AvgIpc) is 2.29. The molecule has 0 saturated carbocycles. The number of amides is 1. The van der Waals surface area contributed by atoms with Gasteiger partial charge in [-0.3, -0.25) is 4.79 Å². The highest BCUT2D eigenvalue weighted by atomic mass is 79.9. The van der Waals surface area contributed by atoms with E-state index in [1.165, 1.54) is 0 Å². The van der Waals surface area contributed by atoms with Crippen LogP contribution in [0, 0.1) is 0 Å². The lowest BCUT2D eigenvalue weighted by molar-refractivity contribution is 0.100. The second-order valence-corrected chi connectivity index (χ2v) is 4.68. The summed E-state index contributed by atoms with van der Waals surface area (Å²) >= 11 is 3.42. The van der Waals surface area contributed by atoms with Gasteiger partial charge in [-0.25, -0.2) is 0 Å². The Morgan fingerprint density at radius 2 is 2.06 bits per heavy atom. The summed E-state index contributed by atoms with van der Waals surface area (Å²) < 4.78 is 0.964. The van der Waals surface area contributed by atoms with Gasteiger partial charge in [0.05, 0.1) is 11.3 Å². The molecule has 3 N–H and O–H groups in total. The molecular formula is C11H14BrN3O. The quantitative estimate of drug-likeness (QED) is 0.850. The maximum atomic E-state index is 11.3. The zero-order chi connectivity index (χ0) is 11.5. The van der Waals surface area contributed by atoms with Crippen molar-refractivity contribution < 1.29 is 4.79 Å². The molecule has 0 radical (unpaired) electrons. The maximum absolute atomic E-state index is 11.3. The van der Waals surface area contributed by atoms with Crippen molar-refractivity contribution in [2.75, 3.05) is 31.1 Å². The van der Waals surface area contributed by atoms with Crippen LogP contribution in [0.2, 0.25) is 0 Å². The van der Waals surface area contributed by atoms with Crippen molar-refractivity contribution in [1.82, 2.24) is 5.32 Å². The Morgan fingerprint density at radius 1 is 1.38 bits per heavy atom. The molecule has 1 aromatic carbocycles. The van der Waals surface area contributed by atoms with Crippen LogP contribution in [-0.2, 0) is 0 Å². The largest absolute Gasteiger partial charge is 0.368 e. The Morgan fingerprint density at radius 3 is 2.69 bits per heavy atom. The maximum Gasteiger partial charge on any atom is 0.250 e. The van der Waals surface area contributed by atoms with E-state index in [1.807, 2.05) is 12.1 Å². The molecule has 1 aliphatic rings. The second kappa shape index (κ2) is 4.84. The van der Waals surface area contributed by atoms with Crippen molar-refractivity contribution in [1.29, 1.82) is 0 Å². The predicted octanol–water partition coefficient (Wildman–Crippen LogP) is 0.958. The standard InChI is InChI=1S/C11H14BrN3O/c12-8-1-2-9(11(13)16)10(7-8)15-5-3-14-4-6-15/h1-2,7,14H,3-6H2,(H2,13,16). The molecule has 4 nitrogen and oxygen atoms in total. The van der Waals surface area contributed by atoms with E-state index in [2.05, 4.69) is 26.1 Å². The Balaban J connectivity index is 2.36. The lowest BCUT2D eigenvalue weighted by Gasteiger charge is -2.30. The van der Waals surface area contributed by atoms with Crippen LogP contribution in [0.25, 0.3) is 0 Å². The minimum Gasteiger partial charge on any atom is -0.368 e. The third kappa shape index (κ3) is 2.36. The van der Waals surface area contributed by atoms with Crippen LogP contribution in [0.5, 0.6) is 0 Å². The molecule has 0 aromatic heterocycles. The van der Waals surface area contributed by atoms with Crippen LogP contribution >= 0.6 is 15.9 Å². The second-order valence-electron chi connectivity index (χ2n) is 3.76. The summed E-state index contributed by atoms with van der Waals surface area (Å²) in [6.45, 7) is 3.67. The number of primary amides is 1. The Hall–Kier alpha value is -1.07. The van der Waals surface area contributed by atoms with E-state index in [1.54, 1.807) is 6.07 Å². The van der Waals surface area contributed by atoms with E-state index in [-0.39, 0.29) is 5.91 Å². The summed E-state index contributed by atoms with van der Waals surface area (Å²) in [5.74, 6) is -0.374. The summed E-state index contributed by atoms with van der Waals surface area (Å²) in [5.41, 5.74) is 6.88. The first-order chi connectivity index (χ1) is 7.68. The molecule has 2 rings (SSSR count). The van der Waals surface area contributed by atoms with E-state index in [0.29, 0.717) is 5.56 Å². The first-order valence-electron chi connectivity index (χ1n) is 5.23. The van der Waals surface area contributed by atoms with Crippen molar-refractivity contribution in [3.63, 3.8) is 0 Å². The summed E-state index contributed by atoms with van der Waals surface area (Å²) in [7, 11) is 0. The smallest absolute Gasteiger partial charge is 0.250 e. The highest BCUT2D eigenvalue weighted by molar-refractivity contribution is 9.10. The fourth-order valence-electron chi connectivity index (χ4n) is 1.88. The molecule has 1 saturated heterocycles. The van der Waals surface area contributed by atoms with Crippen molar-refractivity contribution in [3.8, 4) is 0 Å². The van der Waals surface area contributed by atoms with Crippen molar-refractivity contribution >= 4 is 27.5 Å². The van der Waals surface area contributed by atoms with Crippen LogP contribution in [-0.4, -0.2) is 32.1 Å². The van der Waals surface area contributed by atoms with E-state index in [4.69, 9.17) is 5.73 Å². The summed E-state index contributed by atoms with van der Waals surface area (Å²) in [6, 6.07) is 5.56. The van der Waals surface area contributed by atoms with E-state index < -0.39 is 0 Å². The monoisotopic (exact) mass is 283 g/mol. The molecule has 16 heavy (non-hydrogen) atoms. The predicted molar refractivity (Wildman–Crippen MR) is 67.7 cm³/mol. The normalized spacial score (nSPS) is 16.2. The number of halogens is 1. The van der Waals surface area contributed by atoms with Crippen LogP contribution in [0.4, 0.5) is 5.69 Å². The highest BCUT2D eigenvalue weighted by Gasteiger charge is 2.16. The van der Waals surface area contributed by atoms with Gasteiger partial charge in [0.1, 0.15) is 0 Å². The van der Waals surface area contributed by atoms with Gasteiger partial charge in [0, 0.05) is 30.7 Å². The summed E-state index contributed by atoms with van der Waals surface area (Å²) in [5, 5.41) is 3.28. The van der Waals surface area contributed by atoms with Gasteiger partial charge in [-0.1, -0.05) is 15.9 Å². The Bertz CT molecular complexity index is 402. The van der Waals surface area contributed by atoms with Gasteiger partial charge >= 0.3 is 0 Å². The van der Waals surface area contributed by atoms with Crippen LogP contribution in [0.1, 0.15) is 10.4 Å². The molecule has 1 amide bonds. The molecule has 0 spiro atoms. The van der Waals surface area contributed by atoms with E-state index >= 15 is 0 Å². The highest BCUT2D eigenvalue weighted by Crippen LogP contribution is 2.25. The lowest BCUT2D eigenvalue weighted by Crippen LogP contribution is -2.44. The van der Waals surface area contributed by atoms with Gasteiger partial charge in [0.15, 0.2) is 0 Å². The number of nitrogens with two attached hydrogens (primary N) is 1. The molecule has 1 heterocycles. The molecule has 0 bridgehead atoms. The summed E-state index contributed by atoms with van der Waals surface area (Å²) in [4.78, 5) is 13.5. The van der Waals surface area contributed by atoms with Gasteiger partial charge in [0.25, 0.3) is 5.91 Å². The Kier molecular flexibility index (Phi) is 3.46. The fraction of sp³-hybridized carbons (Fsp3) is 0.364. The van der Waals surface area contributed by atoms with E-state index in [9.17, 15) is 4.79 Å². The van der Waals surface area contributed by atoms with Gasteiger partial charge in [-0.05, 0) is 18.2 Å². The number of nitrogens with zero attached hydrogens (tertiary/aromatic N) is 1. The minimum atomic E-state index is -0.374. The van der Waals surface area contributed by atoms with E-state index in [0.717, 1.165) is 36.3 Å². The van der Waals surface area contributed by atoms with Crippen molar-refractivity contribution in [2.24, 2.45) is 5.73 Å². The number of carbonyl (C=O) groups excluding carboxylic acids is 1.